The van der Waals surface area contributed by atoms with Crippen LogP contribution in [0.4, 0.5) is 0 Å². The number of rotatable bonds is 5. The number of nitrogens with zero attached hydrogens (tertiary/aromatic N) is 1. The van der Waals surface area contributed by atoms with Gasteiger partial charge in [0.1, 0.15) is 0 Å². The van der Waals surface area contributed by atoms with Crippen LogP contribution in [0.5, 0.6) is 0 Å². The van der Waals surface area contributed by atoms with E-state index in [1.54, 1.807) is 39.1 Å². The van der Waals surface area contributed by atoms with Crippen LogP contribution in [0, 0.1) is 6.92 Å². The summed E-state index contributed by atoms with van der Waals surface area (Å²) < 4.78 is 26.8. The number of nitrogens with one attached hydrogen (secondary N) is 1. The van der Waals surface area contributed by atoms with E-state index in [9.17, 15) is 13.2 Å². The van der Waals surface area contributed by atoms with E-state index in [2.05, 4.69) is 4.72 Å². The summed E-state index contributed by atoms with van der Waals surface area (Å²) in [4.78, 5) is 13.5. The molecule has 1 amide bonds. The molecule has 0 aromatic heterocycles. The molecule has 0 aliphatic rings. The molecule has 5 nitrogen and oxygen atoms in total. The largest absolute Gasteiger partial charge is 0.345 e. The first-order chi connectivity index (χ1) is 8.79. The summed E-state index contributed by atoms with van der Waals surface area (Å²) in [5.74, 6) is -0.250. The van der Waals surface area contributed by atoms with Gasteiger partial charge in [-0.05, 0) is 32.4 Å². The Morgan fingerprint density at radius 2 is 1.95 bits per heavy atom. The summed E-state index contributed by atoms with van der Waals surface area (Å²) in [6.45, 7) is 5.64. The third kappa shape index (κ3) is 3.78. The maximum atomic E-state index is 12.2. The van der Waals surface area contributed by atoms with Crippen molar-refractivity contribution < 1.29 is 13.2 Å². The van der Waals surface area contributed by atoms with E-state index in [1.807, 2.05) is 6.92 Å². The number of carbonyl (C=O) groups is 1. The fraction of sp³-hybridized carbons (Fsp3) is 0.462. The van der Waals surface area contributed by atoms with Crippen LogP contribution in [-0.4, -0.2) is 38.9 Å². The topological polar surface area (TPSA) is 66.5 Å². The molecule has 0 aliphatic carbocycles. The molecule has 1 rings (SSSR count). The highest BCUT2D eigenvalue weighted by molar-refractivity contribution is 7.89. The van der Waals surface area contributed by atoms with Crippen molar-refractivity contribution in [2.45, 2.75) is 31.7 Å². The lowest BCUT2D eigenvalue weighted by Gasteiger charge is -2.20. The predicted molar refractivity (Wildman–Crippen MR) is 74.3 cm³/mol. The first-order valence-electron chi connectivity index (χ1n) is 6.12. The summed E-state index contributed by atoms with van der Waals surface area (Å²) in [5.41, 5.74) is 0.651. The van der Waals surface area contributed by atoms with Gasteiger partial charge in [-0.1, -0.05) is 18.2 Å². The maximum Gasteiger partial charge on any atom is 0.241 e. The van der Waals surface area contributed by atoms with Gasteiger partial charge >= 0.3 is 0 Å². The molecular weight excluding hydrogens is 264 g/mol. The van der Waals surface area contributed by atoms with E-state index in [0.29, 0.717) is 12.1 Å². The maximum absolute atomic E-state index is 12.2. The van der Waals surface area contributed by atoms with Crippen molar-refractivity contribution in [3.8, 4) is 0 Å². The minimum absolute atomic E-state index is 0.203. The number of sulfonamides is 1. The quantitative estimate of drug-likeness (QED) is 0.881. The first kappa shape index (κ1) is 15.7. The highest BCUT2D eigenvalue weighted by atomic mass is 32.2. The molecule has 106 valence electrons. The number of carbonyl (C=O) groups excluding carboxylic acids is 1. The summed E-state index contributed by atoms with van der Waals surface area (Å²) in [6, 6.07) is 5.90. The lowest BCUT2D eigenvalue weighted by molar-refractivity contribution is -0.131. The Morgan fingerprint density at radius 3 is 2.47 bits per heavy atom. The molecule has 0 spiro atoms. The number of hydrogen-bond acceptors (Lipinski definition) is 3. The molecule has 0 fully saturated rings. The van der Waals surface area contributed by atoms with Crippen LogP contribution in [0.1, 0.15) is 19.4 Å². The Balaban J connectivity index is 2.93. The highest BCUT2D eigenvalue weighted by Gasteiger charge is 2.24. The van der Waals surface area contributed by atoms with Crippen LogP contribution in [0.15, 0.2) is 29.2 Å². The number of amides is 1. The molecule has 0 aliphatic heterocycles. The molecule has 1 aromatic rings. The number of likely N-dealkylation sites (N-methyl/N-ethyl adjacent to an activating group) is 1. The van der Waals surface area contributed by atoms with E-state index in [-0.39, 0.29) is 10.8 Å². The second-order valence-electron chi connectivity index (χ2n) is 4.46. The van der Waals surface area contributed by atoms with Crippen molar-refractivity contribution in [2.75, 3.05) is 13.6 Å². The molecule has 1 atom stereocenters. The van der Waals surface area contributed by atoms with Crippen LogP contribution in [0.2, 0.25) is 0 Å². The van der Waals surface area contributed by atoms with Crippen molar-refractivity contribution in [2.24, 2.45) is 0 Å². The summed E-state index contributed by atoms with van der Waals surface area (Å²) in [7, 11) is -2.03. The third-order valence-electron chi connectivity index (χ3n) is 2.94. The molecule has 0 bridgehead atoms. The number of benzene rings is 1. The van der Waals surface area contributed by atoms with Crippen LogP contribution < -0.4 is 4.72 Å². The average molecular weight is 284 g/mol. The molecule has 0 saturated heterocycles. The van der Waals surface area contributed by atoms with Gasteiger partial charge in [0.05, 0.1) is 10.9 Å². The van der Waals surface area contributed by atoms with Gasteiger partial charge in [-0.2, -0.15) is 4.72 Å². The zero-order valence-electron chi connectivity index (χ0n) is 11.7. The second kappa shape index (κ2) is 6.16. The molecule has 1 unspecified atom stereocenters. The summed E-state index contributed by atoms with van der Waals surface area (Å²) >= 11 is 0. The molecule has 0 heterocycles. The van der Waals surface area contributed by atoms with Gasteiger partial charge in [-0.15, -0.1) is 0 Å². The van der Waals surface area contributed by atoms with Gasteiger partial charge < -0.3 is 4.90 Å². The smallest absolute Gasteiger partial charge is 0.241 e. The molecule has 1 aromatic carbocycles. The fourth-order valence-corrected chi connectivity index (χ4v) is 3.13. The van der Waals surface area contributed by atoms with Gasteiger partial charge in [0.15, 0.2) is 0 Å². The first-order valence-corrected chi connectivity index (χ1v) is 7.61. The normalized spacial score (nSPS) is 13.1. The molecule has 1 N–H and O–H groups in total. The van der Waals surface area contributed by atoms with Gasteiger partial charge in [0, 0.05) is 13.6 Å². The lowest BCUT2D eigenvalue weighted by Crippen LogP contribution is -2.45. The van der Waals surface area contributed by atoms with Crippen LogP contribution >= 0.6 is 0 Å². The summed E-state index contributed by atoms with van der Waals surface area (Å²) in [5, 5.41) is 0. The fourth-order valence-electron chi connectivity index (χ4n) is 1.69. The van der Waals surface area contributed by atoms with Crippen LogP contribution in [0.25, 0.3) is 0 Å². The monoisotopic (exact) mass is 284 g/mol. The van der Waals surface area contributed by atoms with Crippen molar-refractivity contribution in [1.29, 1.82) is 0 Å². The molecular formula is C13H20N2O3S. The van der Waals surface area contributed by atoms with Crippen molar-refractivity contribution in [3.05, 3.63) is 29.8 Å². The predicted octanol–water partition coefficient (Wildman–Crippen LogP) is 1.14. The third-order valence-corrected chi connectivity index (χ3v) is 4.64. The van der Waals surface area contributed by atoms with Crippen LogP contribution in [0.3, 0.4) is 0 Å². The van der Waals surface area contributed by atoms with Gasteiger partial charge in [-0.3, -0.25) is 4.79 Å². The Hall–Kier alpha value is -1.40. The Kier molecular flexibility index (Phi) is 5.08. The van der Waals surface area contributed by atoms with E-state index >= 15 is 0 Å². The zero-order valence-corrected chi connectivity index (χ0v) is 12.5. The molecule has 19 heavy (non-hydrogen) atoms. The van der Waals surface area contributed by atoms with Crippen molar-refractivity contribution in [3.63, 3.8) is 0 Å². The minimum Gasteiger partial charge on any atom is -0.345 e. The van der Waals surface area contributed by atoms with E-state index in [4.69, 9.17) is 0 Å². The minimum atomic E-state index is -3.67. The van der Waals surface area contributed by atoms with E-state index in [1.165, 1.54) is 11.0 Å². The highest BCUT2D eigenvalue weighted by Crippen LogP contribution is 2.14. The van der Waals surface area contributed by atoms with Crippen molar-refractivity contribution >= 4 is 15.9 Å². The summed E-state index contributed by atoms with van der Waals surface area (Å²) in [6.07, 6.45) is 0. The van der Waals surface area contributed by atoms with Crippen molar-refractivity contribution in [1.82, 2.24) is 9.62 Å². The molecule has 0 radical (unpaired) electrons. The van der Waals surface area contributed by atoms with Gasteiger partial charge in [0.2, 0.25) is 15.9 Å². The van der Waals surface area contributed by atoms with Gasteiger partial charge in [0.25, 0.3) is 0 Å². The van der Waals surface area contributed by atoms with Crippen LogP contribution in [-0.2, 0) is 14.8 Å². The number of aryl methyl sites for hydroxylation is 1. The average Bonchev–Trinajstić information content (AvgIpc) is 2.36. The van der Waals surface area contributed by atoms with Gasteiger partial charge in [-0.25, -0.2) is 8.42 Å². The van der Waals surface area contributed by atoms with E-state index in [0.717, 1.165) is 0 Å². The standard InChI is InChI=1S/C13H20N2O3S/c1-5-15(4)13(16)11(3)14-19(17,18)12-9-7-6-8-10(12)2/h6-9,11,14H,5H2,1-4H3. The molecule has 6 heteroatoms. The zero-order chi connectivity index (χ0) is 14.6. The molecule has 0 saturated carbocycles. The Morgan fingerprint density at radius 1 is 1.37 bits per heavy atom. The number of hydrogen-bond donors (Lipinski definition) is 1. The van der Waals surface area contributed by atoms with E-state index < -0.39 is 16.1 Å². The lowest BCUT2D eigenvalue weighted by atomic mass is 10.2. The Bertz CT molecular complexity index is 555. The second-order valence-corrected chi connectivity index (χ2v) is 6.14. The SMILES string of the molecule is CCN(C)C(=O)C(C)NS(=O)(=O)c1ccccc1C. The Labute approximate surface area is 114 Å².